The Bertz CT molecular complexity index is 1060. The van der Waals surface area contributed by atoms with E-state index in [4.69, 9.17) is 16.1 Å². The number of nitrogens with one attached hydrogen (secondary N) is 1. The molecule has 0 aliphatic carbocycles. The maximum Gasteiger partial charge on any atom is 0.280 e. The lowest BCUT2D eigenvalue weighted by atomic mass is 10.1. The first-order valence-electron chi connectivity index (χ1n) is 8.62. The minimum Gasteiger partial charge on any atom is -0.364 e. The summed E-state index contributed by atoms with van der Waals surface area (Å²) in [6.07, 6.45) is 3.20. The molecule has 0 spiro atoms. The van der Waals surface area contributed by atoms with Gasteiger partial charge >= 0.3 is 0 Å². The lowest BCUT2D eigenvalue weighted by Crippen LogP contribution is -2.16. The third-order valence-corrected chi connectivity index (χ3v) is 4.53. The summed E-state index contributed by atoms with van der Waals surface area (Å²) in [5.74, 6) is 0.0998. The molecule has 0 saturated heterocycles. The van der Waals surface area contributed by atoms with Gasteiger partial charge in [-0.15, -0.1) is 0 Å². The van der Waals surface area contributed by atoms with Crippen LogP contribution in [0.1, 0.15) is 22.5 Å². The van der Waals surface area contributed by atoms with Crippen LogP contribution < -0.4 is 5.32 Å². The summed E-state index contributed by atoms with van der Waals surface area (Å²) < 4.78 is 6.73. The van der Waals surface area contributed by atoms with Gasteiger partial charge in [0, 0.05) is 17.6 Å². The van der Waals surface area contributed by atoms with Crippen LogP contribution in [0.4, 0.5) is 5.95 Å². The number of hydrogen-bond acceptors (Lipinski definition) is 4. The Balaban J connectivity index is 1.59. The van der Waals surface area contributed by atoms with E-state index >= 15 is 0 Å². The number of carbonyl (C=O) groups is 1. The third-order valence-electron chi connectivity index (χ3n) is 4.30. The third kappa shape index (κ3) is 3.85. The molecule has 0 aliphatic heterocycles. The van der Waals surface area contributed by atoms with Gasteiger partial charge in [-0.3, -0.25) is 10.1 Å². The number of aromatic nitrogens is 3. The predicted octanol–water partition coefficient (Wildman–Crippen LogP) is 4.56. The van der Waals surface area contributed by atoms with E-state index < -0.39 is 0 Å². The molecule has 0 saturated carbocycles. The van der Waals surface area contributed by atoms with Crippen LogP contribution in [0.3, 0.4) is 0 Å². The average Bonchev–Trinajstić information content (AvgIpc) is 3.31. The van der Waals surface area contributed by atoms with Gasteiger partial charge in [0.05, 0.1) is 11.0 Å². The average molecular weight is 381 g/mol. The van der Waals surface area contributed by atoms with E-state index in [1.165, 1.54) is 17.9 Å². The molecule has 2 aromatic carbocycles. The lowest BCUT2D eigenvalue weighted by Gasteiger charge is -2.09. The maximum absolute atomic E-state index is 12.4. The van der Waals surface area contributed by atoms with Gasteiger partial charge in [0.25, 0.3) is 5.91 Å². The minimum absolute atomic E-state index is 0.205. The van der Waals surface area contributed by atoms with Crippen molar-refractivity contribution in [1.82, 2.24) is 14.7 Å². The predicted molar refractivity (Wildman–Crippen MR) is 104 cm³/mol. The molecule has 136 valence electrons. The molecule has 4 aromatic rings. The summed E-state index contributed by atoms with van der Waals surface area (Å²) >= 11 is 6.09. The van der Waals surface area contributed by atoms with Crippen LogP contribution in [-0.2, 0) is 13.0 Å². The van der Waals surface area contributed by atoms with Gasteiger partial charge in [0.1, 0.15) is 6.26 Å². The molecule has 0 atom stereocenters. The van der Waals surface area contributed by atoms with Crippen molar-refractivity contribution in [3.05, 3.63) is 77.1 Å². The summed E-state index contributed by atoms with van der Waals surface area (Å²) in [6, 6.07) is 17.3. The van der Waals surface area contributed by atoms with E-state index in [1.807, 2.05) is 34.9 Å². The minimum atomic E-state index is -0.366. The molecule has 0 bridgehead atoms. The number of hydrogen-bond donors (Lipinski definition) is 1. The van der Waals surface area contributed by atoms with E-state index in [0.29, 0.717) is 17.5 Å². The number of amides is 1. The van der Waals surface area contributed by atoms with Gasteiger partial charge in [-0.25, -0.2) is 4.98 Å². The van der Waals surface area contributed by atoms with Crippen LogP contribution in [0, 0.1) is 0 Å². The van der Waals surface area contributed by atoms with Crippen molar-refractivity contribution in [3.8, 4) is 0 Å². The zero-order chi connectivity index (χ0) is 18.6. The first-order chi connectivity index (χ1) is 13.2. The molecule has 4 rings (SSSR count). The zero-order valence-electron chi connectivity index (χ0n) is 14.4. The lowest BCUT2D eigenvalue weighted by molar-refractivity contribution is 0.101. The Kier molecular flexibility index (Phi) is 4.89. The van der Waals surface area contributed by atoms with Gasteiger partial charge in [-0.1, -0.05) is 47.1 Å². The number of carbonyl (C=O) groups excluding carboxylic acids is 1. The highest BCUT2D eigenvalue weighted by Gasteiger charge is 2.16. The normalized spacial score (nSPS) is 11.0. The van der Waals surface area contributed by atoms with Crippen molar-refractivity contribution in [2.75, 3.05) is 5.32 Å². The van der Waals surface area contributed by atoms with Crippen molar-refractivity contribution in [3.63, 3.8) is 0 Å². The molecule has 2 heterocycles. The number of aryl methyl sites for hydroxylation is 2. The molecule has 0 fully saturated rings. The Morgan fingerprint density at radius 1 is 1.15 bits per heavy atom. The summed E-state index contributed by atoms with van der Waals surface area (Å²) in [7, 11) is 0. The summed E-state index contributed by atoms with van der Waals surface area (Å²) in [5, 5.41) is 7.09. The van der Waals surface area contributed by atoms with Crippen molar-refractivity contribution in [2.45, 2.75) is 19.4 Å². The topological polar surface area (TPSA) is 73.0 Å². The van der Waals surface area contributed by atoms with Gasteiger partial charge in [0.2, 0.25) is 5.95 Å². The second kappa shape index (κ2) is 7.63. The molecule has 6 nitrogen and oxygen atoms in total. The summed E-state index contributed by atoms with van der Waals surface area (Å²) in [6.45, 7) is 0.710. The molecule has 0 unspecified atom stereocenters. The Labute approximate surface area is 160 Å². The van der Waals surface area contributed by atoms with Crippen molar-refractivity contribution >= 4 is 34.5 Å². The van der Waals surface area contributed by atoms with Crippen LogP contribution in [0.25, 0.3) is 11.0 Å². The first-order valence-corrected chi connectivity index (χ1v) is 9.00. The molecule has 7 heteroatoms. The fourth-order valence-corrected chi connectivity index (χ4v) is 3.17. The van der Waals surface area contributed by atoms with Crippen LogP contribution in [-0.4, -0.2) is 20.6 Å². The molecule has 0 radical (unpaired) electrons. The smallest absolute Gasteiger partial charge is 0.280 e. The Hall–Kier alpha value is -3.12. The van der Waals surface area contributed by atoms with Gasteiger partial charge in [0.15, 0.2) is 5.69 Å². The molecule has 1 amide bonds. The first kappa shape index (κ1) is 17.3. The Morgan fingerprint density at radius 2 is 2.00 bits per heavy atom. The number of benzene rings is 2. The second-order valence-corrected chi connectivity index (χ2v) is 6.58. The van der Waals surface area contributed by atoms with E-state index in [9.17, 15) is 4.79 Å². The highest BCUT2D eigenvalue weighted by Crippen LogP contribution is 2.24. The fraction of sp³-hybridized carbons (Fsp3) is 0.150. The highest BCUT2D eigenvalue weighted by molar-refractivity contribution is 6.31. The van der Waals surface area contributed by atoms with Gasteiger partial charge in [-0.2, -0.15) is 0 Å². The van der Waals surface area contributed by atoms with E-state index in [2.05, 4.69) is 27.6 Å². The van der Waals surface area contributed by atoms with E-state index in [-0.39, 0.29) is 11.6 Å². The fourth-order valence-electron chi connectivity index (χ4n) is 3.01. The van der Waals surface area contributed by atoms with Crippen LogP contribution in [0.2, 0.25) is 5.02 Å². The van der Waals surface area contributed by atoms with Crippen LogP contribution in [0.5, 0.6) is 0 Å². The second-order valence-electron chi connectivity index (χ2n) is 6.15. The van der Waals surface area contributed by atoms with Crippen molar-refractivity contribution < 1.29 is 9.32 Å². The number of rotatable bonds is 6. The molecule has 27 heavy (non-hydrogen) atoms. The summed E-state index contributed by atoms with van der Waals surface area (Å²) in [5.41, 5.74) is 3.13. The molecular weight excluding hydrogens is 364 g/mol. The number of halogens is 1. The molecular formula is C20H17ClN4O2. The number of anilines is 1. The molecule has 1 N–H and O–H groups in total. The van der Waals surface area contributed by atoms with Gasteiger partial charge in [-0.05, 0) is 36.6 Å². The quantitative estimate of drug-likeness (QED) is 0.532. The van der Waals surface area contributed by atoms with Gasteiger partial charge < -0.3 is 9.09 Å². The Morgan fingerprint density at radius 3 is 2.78 bits per heavy atom. The number of fused-ring (bicyclic) bond motifs is 1. The standard InChI is InChI=1S/C20H17ClN4O2/c21-15-8-9-18-17(13-15)22-20(23-19(26)16-10-12-27-24-16)25(18)11-4-7-14-5-2-1-3-6-14/h1-3,5-6,8-10,12-13H,4,7,11H2,(H,22,23,26). The molecule has 2 aromatic heterocycles. The van der Waals surface area contributed by atoms with E-state index in [0.717, 1.165) is 23.9 Å². The highest BCUT2D eigenvalue weighted by atomic mass is 35.5. The van der Waals surface area contributed by atoms with Crippen LogP contribution in [0.15, 0.2) is 65.4 Å². The number of imidazole rings is 1. The maximum atomic E-state index is 12.4. The van der Waals surface area contributed by atoms with Crippen molar-refractivity contribution in [2.24, 2.45) is 0 Å². The summed E-state index contributed by atoms with van der Waals surface area (Å²) in [4.78, 5) is 16.9. The van der Waals surface area contributed by atoms with Crippen LogP contribution >= 0.6 is 11.6 Å². The largest absolute Gasteiger partial charge is 0.364 e. The van der Waals surface area contributed by atoms with E-state index in [1.54, 1.807) is 6.07 Å². The van der Waals surface area contributed by atoms with Crippen molar-refractivity contribution in [1.29, 1.82) is 0 Å². The molecule has 0 aliphatic rings. The number of nitrogens with zero attached hydrogens (tertiary/aromatic N) is 3. The monoisotopic (exact) mass is 380 g/mol. The SMILES string of the molecule is O=C(Nc1nc2cc(Cl)ccc2n1CCCc1ccccc1)c1ccon1. The zero-order valence-corrected chi connectivity index (χ0v) is 15.2.